The Morgan fingerprint density at radius 1 is 0.960 bits per heavy atom. The summed E-state index contributed by atoms with van der Waals surface area (Å²) in [7, 11) is 0. The molecule has 0 radical (unpaired) electrons. The van der Waals surface area contributed by atoms with Crippen molar-refractivity contribution in [2.24, 2.45) is 0 Å². The Morgan fingerprint density at radius 2 is 1.72 bits per heavy atom. The van der Waals surface area contributed by atoms with Crippen LogP contribution < -0.4 is 14.8 Å². The number of hydrogen-bond donors (Lipinski definition) is 1. The lowest BCUT2D eigenvalue weighted by atomic mass is 10.2. The zero-order valence-electron chi connectivity index (χ0n) is 14.3. The Balaban J connectivity index is 1.34. The molecule has 5 heteroatoms. The van der Waals surface area contributed by atoms with E-state index in [1.165, 1.54) is 5.56 Å². The molecule has 0 fully saturated rings. The summed E-state index contributed by atoms with van der Waals surface area (Å²) >= 11 is 1.63. The van der Waals surface area contributed by atoms with Crippen LogP contribution in [-0.2, 0) is 13.2 Å². The van der Waals surface area contributed by atoms with Gasteiger partial charge in [0.25, 0.3) is 0 Å². The molecule has 0 atom stereocenters. The Kier molecular flexibility index (Phi) is 6.42. The lowest BCUT2D eigenvalue weighted by molar-refractivity contribution is 0.304. The van der Waals surface area contributed by atoms with Gasteiger partial charge in [0.1, 0.15) is 29.7 Å². The summed E-state index contributed by atoms with van der Waals surface area (Å²) in [6.07, 6.45) is 0. The van der Waals surface area contributed by atoms with Crippen LogP contribution in [0.2, 0.25) is 0 Å². The fourth-order valence-electron chi connectivity index (χ4n) is 2.25. The number of hydrogen-bond acceptors (Lipinski definition) is 5. The average Bonchev–Trinajstić information content (AvgIpc) is 3.10. The number of benzene rings is 2. The largest absolute Gasteiger partial charge is 0.492 e. The number of nitrogens with one attached hydrogen (secondary N) is 1. The molecule has 2 aromatic carbocycles. The molecule has 1 aromatic heterocycles. The molecule has 0 saturated carbocycles. The summed E-state index contributed by atoms with van der Waals surface area (Å²) in [6, 6.07) is 17.9. The molecule has 1 heterocycles. The minimum atomic E-state index is 0.505. The Morgan fingerprint density at radius 3 is 2.52 bits per heavy atom. The van der Waals surface area contributed by atoms with Crippen molar-refractivity contribution >= 4 is 11.3 Å². The van der Waals surface area contributed by atoms with E-state index in [0.29, 0.717) is 13.2 Å². The second-order valence-corrected chi connectivity index (χ2v) is 6.62. The summed E-state index contributed by atoms with van der Waals surface area (Å²) in [5, 5.41) is 6.40. The van der Waals surface area contributed by atoms with Crippen molar-refractivity contribution < 1.29 is 9.47 Å². The Hall–Kier alpha value is -2.37. The van der Waals surface area contributed by atoms with Crippen molar-refractivity contribution in [1.29, 1.82) is 0 Å². The normalized spacial score (nSPS) is 10.6. The van der Waals surface area contributed by atoms with E-state index in [1.54, 1.807) is 11.3 Å². The van der Waals surface area contributed by atoms with E-state index in [9.17, 15) is 0 Å². The van der Waals surface area contributed by atoms with Gasteiger partial charge in [-0.25, -0.2) is 4.98 Å². The van der Waals surface area contributed by atoms with Crippen molar-refractivity contribution in [3.63, 3.8) is 0 Å². The molecule has 130 valence electrons. The molecule has 0 bridgehead atoms. The molecule has 25 heavy (non-hydrogen) atoms. The Bertz CT molecular complexity index is 757. The number of aryl methyl sites for hydroxylation is 1. The zero-order chi connectivity index (χ0) is 17.3. The topological polar surface area (TPSA) is 43.4 Å². The van der Waals surface area contributed by atoms with E-state index >= 15 is 0 Å². The van der Waals surface area contributed by atoms with E-state index in [-0.39, 0.29) is 0 Å². The number of para-hydroxylation sites is 1. The molecule has 0 spiro atoms. The second kappa shape index (κ2) is 9.20. The molecular weight excluding hydrogens is 332 g/mol. The highest BCUT2D eigenvalue weighted by Gasteiger charge is 2.03. The third kappa shape index (κ3) is 5.89. The minimum absolute atomic E-state index is 0.505. The number of rotatable bonds is 9. The van der Waals surface area contributed by atoms with Crippen LogP contribution in [0, 0.1) is 6.92 Å². The molecule has 0 amide bonds. The maximum absolute atomic E-state index is 5.76. The van der Waals surface area contributed by atoms with Gasteiger partial charge in [-0.05, 0) is 31.2 Å². The van der Waals surface area contributed by atoms with Crippen molar-refractivity contribution in [1.82, 2.24) is 10.3 Å². The second-order valence-electron chi connectivity index (χ2n) is 5.67. The SMILES string of the molecule is Cc1ccc(OCc2nc(CNCCOc3ccccc3)cs2)cc1. The molecule has 3 rings (SSSR count). The summed E-state index contributed by atoms with van der Waals surface area (Å²) < 4.78 is 11.4. The van der Waals surface area contributed by atoms with Crippen molar-refractivity contribution in [3.8, 4) is 11.5 Å². The van der Waals surface area contributed by atoms with Crippen molar-refractivity contribution in [3.05, 3.63) is 76.2 Å². The molecule has 0 aliphatic rings. The first kappa shape index (κ1) is 17.5. The van der Waals surface area contributed by atoms with Crippen molar-refractivity contribution in [2.75, 3.05) is 13.2 Å². The molecule has 0 saturated heterocycles. The van der Waals surface area contributed by atoms with E-state index in [1.807, 2.05) is 54.6 Å². The van der Waals surface area contributed by atoms with Gasteiger partial charge in [0.05, 0.1) is 5.69 Å². The van der Waals surface area contributed by atoms with Gasteiger partial charge in [0, 0.05) is 18.5 Å². The molecule has 0 aliphatic carbocycles. The van der Waals surface area contributed by atoms with Gasteiger partial charge in [0.15, 0.2) is 0 Å². The van der Waals surface area contributed by atoms with Crippen LogP contribution in [0.1, 0.15) is 16.3 Å². The number of ether oxygens (including phenoxy) is 2. The van der Waals surface area contributed by atoms with Gasteiger partial charge in [-0.1, -0.05) is 35.9 Å². The quantitative estimate of drug-likeness (QED) is 0.585. The Labute approximate surface area is 152 Å². The summed E-state index contributed by atoms with van der Waals surface area (Å²) in [6.45, 7) is 4.72. The molecule has 0 unspecified atom stereocenters. The predicted molar refractivity (Wildman–Crippen MR) is 101 cm³/mol. The average molecular weight is 354 g/mol. The first-order valence-corrected chi connectivity index (χ1v) is 9.19. The maximum atomic E-state index is 5.76. The van der Waals surface area contributed by atoms with Gasteiger partial charge in [0.2, 0.25) is 0 Å². The lowest BCUT2D eigenvalue weighted by Crippen LogP contribution is -2.20. The van der Waals surface area contributed by atoms with Crippen LogP contribution in [-0.4, -0.2) is 18.1 Å². The highest BCUT2D eigenvalue weighted by Crippen LogP contribution is 2.16. The van der Waals surface area contributed by atoms with Crippen LogP contribution >= 0.6 is 11.3 Å². The van der Waals surface area contributed by atoms with E-state index in [4.69, 9.17) is 9.47 Å². The summed E-state index contributed by atoms with van der Waals surface area (Å²) in [5.74, 6) is 1.77. The van der Waals surface area contributed by atoms with E-state index in [0.717, 1.165) is 35.3 Å². The van der Waals surface area contributed by atoms with Gasteiger partial charge in [-0.2, -0.15) is 0 Å². The maximum Gasteiger partial charge on any atom is 0.140 e. The van der Waals surface area contributed by atoms with Gasteiger partial charge in [-0.3, -0.25) is 0 Å². The number of thiazole rings is 1. The van der Waals surface area contributed by atoms with Crippen LogP contribution in [0.15, 0.2) is 60.0 Å². The van der Waals surface area contributed by atoms with Crippen molar-refractivity contribution in [2.45, 2.75) is 20.1 Å². The van der Waals surface area contributed by atoms with Gasteiger partial charge in [-0.15, -0.1) is 11.3 Å². The molecule has 0 aliphatic heterocycles. The van der Waals surface area contributed by atoms with Crippen LogP contribution in [0.4, 0.5) is 0 Å². The first-order chi connectivity index (χ1) is 12.3. The third-order valence-corrected chi connectivity index (χ3v) is 4.45. The summed E-state index contributed by atoms with van der Waals surface area (Å²) in [4.78, 5) is 4.59. The molecule has 1 N–H and O–H groups in total. The van der Waals surface area contributed by atoms with Gasteiger partial charge >= 0.3 is 0 Å². The van der Waals surface area contributed by atoms with Crippen LogP contribution in [0.3, 0.4) is 0 Å². The zero-order valence-corrected chi connectivity index (χ0v) is 15.1. The highest BCUT2D eigenvalue weighted by atomic mass is 32.1. The first-order valence-electron chi connectivity index (χ1n) is 8.31. The fraction of sp³-hybridized carbons (Fsp3) is 0.250. The predicted octanol–water partition coefficient (Wildman–Crippen LogP) is 4.20. The van der Waals surface area contributed by atoms with Crippen LogP contribution in [0.25, 0.3) is 0 Å². The van der Waals surface area contributed by atoms with Crippen LogP contribution in [0.5, 0.6) is 11.5 Å². The fourth-order valence-corrected chi connectivity index (χ4v) is 2.96. The highest BCUT2D eigenvalue weighted by molar-refractivity contribution is 7.09. The molecule has 4 nitrogen and oxygen atoms in total. The standard InChI is InChI=1S/C20H22N2O2S/c1-16-7-9-19(10-8-16)24-14-20-22-17(15-25-20)13-21-11-12-23-18-5-3-2-4-6-18/h2-10,15,21H,11-14H2,1H3. The molecular formula is C20H22N2O2S. The number of aromatic nitrogens is 1. The smallest absolute Gasteiger partial charge is 0.140 e. The monoisotopic (exact) mass is 354 g/mol. The van der Waals surface area contributed by atoms with Gasteiger partial charge < -0.3 is 14.8 Å². The lowest BCUT2D eigenvalue weighted by Gasteiger charge is -2.06. The molecule has 3 aromatic rings. The minimum Gasteiger partial charge on any atom is -0.492 e. The summed E-state index contributed by atoms with van der Waals surface area (Å²) in [5.41, 5.74) is 2.26. The number of nitrogens with zero attached hydrogens (tertiary/aromatic N) is 1. The third-order valence-electron chi connectivity index (χ3n) is 3.58. The van der Waals surface area contributed by atoms with E-state index < -0.39 is 0 Å². The van der Waals surface area contributed by atoms with E-state index in [2.05, 4.69) is 22.6 Å².